The van der Waals surface area contributed by atoms with Crippen molar-refractivity contribution in [2.75, 3.05) is 49.1 Å². The molecule has 2 aliphatic rings. The van der Waals surface area contributed by atoms with E-state index in [1.807, 2.05) is 23.1 Å². The zero-order valence-corrected chi connectivity index (χ0v) is 18.2. The number of nitrogens with zero attached hydrogens (tertiary/aromatic N) is 3. The molecule has 2 aromatic carbocycles. The SMILES string of the molecule is CC(=O)N1CCc2cc(CCN3CCN(c4cccc5cc(C(=O)O)oc45)CC3)ccc21.[LiH]. The van der Waals surface area contributed by atoms with Crippen molar-refractivity contribution >= 4 is 53.1 Å². The first-order valence-electron chi connectivity index (χ1n) is 11.1. The van der Waals surface area contributed by atoms with E-state index in [0.29, 0.717) is 5.58 Å². The summed E-state index contributed by atoms with van der Waals surface area (Å²) in [4.78, 5) is 29.6. The monoisotopic (exact) mass is 441 g/mol. The number of hydrogen-bond donors (Lipinski definition) is 1. The predicted octanol–water partition coefficient (Wildman–Crippen LogP) is 2.76. The van der Waals surface area contributed by atoms with Gasteiger partial charge in [-0.2, -0.15) is 0 Å². The molecule has 2 aliphatic heterocycles. The number of aromatic carboxylic acids is 1. The standard InChI is InChI=1S/C25H27N3O4.Li.H/c1-17(29)28-10-8-19-15-18(5-6-21(19)28)7-9-26-11-13-27(14-12-26)22-4-2-3-20-16-23(25(30)31)32-24(20)22;;/h2-6,15-16H,7-14H2,1H3,(H,30,31);;. The van der Waals surface area contributed by atoms with Gasteiger partial charge in [0.1, 0.15) is 0 Å². The fourth-order valence-corrected chi connectivity index (χ4v) is 4.84. The van der Waals surface area contributed by atoms with Gasteiger partial charge in [-0.05, 0) is 42.2 Å². The number of carbonyl (C=O) groups excluding carboxylic acids is 1. The summed E-state index contributed by atoms with van der Waals surface area (Å²) in [6.45, 7) is 7.06. The Kier molecular flexibility index (Phi) is 6.85. The van der Waals surface area contributed by atoms with E-state index in [-0.39, 0.29) is 30.5 Å². The van der Waals surface area contributed by atoms with Crippen LogP contribution in [0.2, 0.25) is 0 Å². The summed E-state index contributed by atoms with van der Waals surface area (Å²) in [5.74, 6) is -0.955. The summed E-state index contributed by atoms with van der Waals surface area (Å²) < 4.78 is 5.63. The van der Waals surface area contributed by atoms with Gasteiger partial charge < -0.3 is 19.3 Å². The van der Waals surface area contributed by atoms with Crippen molar-refractivity contribution in [1.29, 1.82) is 0 Å². The van der Waals surface area contributed by atoms with Gasteiger partial charge in [0.05, 0.1) is 5.69 Å². The zero-order valence-electron chi connectivity index (χ0n) is 18.2. The Morgan fingerprint density at radius 3 is 2.52 bits per heavy atom. The van der Waals surface area contributed by atoms with Crippen LogP contribution in [-0.4, -0.2) is 80.0 Å². The van der Waals surface area contributed by atoms with Crippen molar-refractivity contribution in [2.24, 2.45) is 0 Å². The Balaban J connectivity index is 0.00000259. The average Bonchev–Trinajstić information content (AvgIpc) is 3.42. The van der Waals surface area contributed by atoms with Crippen molar-refractivity contribution in [2.45, 2.75) is 19.8 Å². The Hall–Kier alpha value is -2.72. The predicted molar refractivity (Wildman–Crippen MR) is 131 cm³/mol. The van der Waals surface area contributed by atoms with E-state index >= 15 is 0 Å². The molecule has 33 heavy (non-hydrogen) atoms. The van der Waals surface area contributed by atoms with Crippen molar-refractivity contribution in [1.82, 2.24) is 4.90 Å². The third-order valence-corrected chi connectivity index (χ3v) is 6.58. The molecular formula is C25H28LiN3O4. The van der Waals surface area contributed by atoms with E-state index < -0.39 is 5.97 Å². The van der Waals surface area contributed by atoms with E-state index in [2.05, 4.69) is 28.0 Å². The van der Waals surface area contributed by atoms with Crippen LogP contribution in [0.15, 0.2) is 46.9 Å². The Labute approximate surface area is 205 Å². The molecule has 5 rings (SSSR count). The van der Waals surface area contributed by atoms with Gasteiger partial charge in [0.2, 0.25) is 11.7 Å². The number of carbonyl (C=O) groups is 2. The first kappa shape index (κ1) is 23.4. The molecule has 168 valence electrons. The van der Waals surface area contributed by atoms with Crippen LogP contribution in [0.3, 0.4) is 0 Å². The van der Waals surface area contributed by atoms with Crippen LogP contribution in [0.1, 0.15) is 28.6 Å². The number of hydrogen-bond acceptors (Lipinski definition) is 5. The molecule has 0 unspecified atom stereocenters. The number of benzene rings is 2. The molecule has 1 aromatic heterocycles. The minimum absolute atomic E-state index is 0. The minimum atomic E-state index is -1.04. The van der Waals surface area contributed by atoms with Crippen molar-refractivity contribution < 1.29 is 19.1 Å². The van der Waals surface area contributed by atoms with Crippen molar-refractivity contribution in [3.63, 3.8) is 0 Å². The summed E-state index contributed by atoms with van der Waals surface area (Å²) in [5.41, 5.74) is 5.26. The van der Waals surface area contributed by atoms with Gasteiger partial charge in [-0.15, -0.1) is 0 Å². The number of piperazine rings is 1. The van der Waals surface area contributed by atoms with Gasteiger partial charge in [0, 0.05) is 57.3 Å². The van der Waals surface area contributed by atoms with Crippen LogP contribution in [0.5, 0.6) is 0 Å². The number of carboxylic acid groups (broad SMARTS) is 1. The fourth-order valence-electron chi connectivity index (χ4n) is 4.84. The van der Waals surface area contributed by atoms with Gasteiger partial charge >= 0.3 is 24.8 Å². The molecule has 0 aliphatic carbocycles. The van der Waals surface area contributed by atoms with E-state index in [9.17, 15) is 14.7 Å². The summed E-state index contributed by atoms with van der Waals surface area (Å²) >= 11 is 0. The van der Waals surface area contributed by atoms with Crippen LogP contribution >= 0.6 is 0 Å². The second-order valence-corrected chi connectivity index (χ2v) is 8.57. The second kappa shape index (κ2) is 9.64. The third kappa shape index (κ3) is 4.67. The molecule has 3 aromatic rings. The van der Waals surface area contributed by atoms with E-state index in [1.165, 1.54) is 11.1 Å². The molecule has 7 nitrogen and oxygen atoms in total. The quantitative estimate of drug-likeness (QED) is 0.614. The van der Waals surface area contributed by atoms with Gasteiger partial charge in [-0.1, -0.05) is 24.3 Å². The first-order chi connectivity index (χ1) is 15.5. The van der Waals surface area contributed by atoms with Crippen molar-refractivity contribution in [3.05, 3.63) is 59.4 Å². The summed E-state index contributed by atoms with van der Waals surface area (Å²) in [6.07, 6.45) is 1.92. The Bertz CT molecular complexity index is 1180. The molecule has 3 heterocycles. The molecule has 0 bridgehead atoms. The number of carboxylic acids is 1. The normalized spacial score (nSPS) is 16.0. The molecule has 0 atom stereocenters. The van der Waals surface area contributed by atoms with Gasteiger partial charge in [0.15, 0.2) is 5.58 Å². The first-order valence-corrected chi connectivity index (χ1v) is 11.1. The molecule has 1 amide bonds. The third-order valence-electron chi connectivity index (χ3n) is 6.58. The van der Waals surface area contributed by atoms with E-state index in [0.717, 1.165) is 68.9 Å². The maximum atomic E-state index is 11.7. The number of para-hydroxylation sites is 1. The van der Waals surface area contributed by atoms with E-state index in [1.54, 1.807) is 13.0 Å². The number of furan rings is 1. The number of rotatable bonds is 5. The van der Waals surface area contributed by atoms with E-state index in [4.69, 9.17) is 4.42 Å². The molecular weight excluding hydrogens is 413 g/mol. The van der Waals surface area contributed by atoms with Crippen LogP contribution in [0.25, 0.3) is 11.0 Å². The Morgan fingerprint density at radius 1 is 1.00 bits per heavy atom. The zero-order chi connectivity index (χ0) is 22.2. The van der Waals surface area contributed by atoms with Crippen LogP contribution in [0.4, 0.5) is 11.4 Å². The summed E-state index contributed by atoms with van der Waals surface area (Å²) in [5, 5.41) is 10.1. The summed E-state index contributed by atoms with van der Waals surface area (Å²) in [7, 11) is 0. The van der Waals surface area contributed by atoms with Crippen LogP contribution < -0.4 is 9.80 Å². The van der Waals surface area contributed by atoms with Gasteiger partial charge in [-0.3, -0.25) is 9.69 Å². The fraction of sp³-hybridized carbons (Fsp3) is 0.360. The van der Waals surface area contributed by atoms with Crippen molar-refractivity contribution in [3.8, 4) is 0 Å². The summed E-state index contributed by atoms with van der Waals surface area (Å²) in [6, 6.07) is 13.9. The average molecular weight is 441 g/mol. The second-order valence-electron chi connectivity index (χ2n) is 8.57. The van der Waals surface area contributed by atoms with Crippen LogP contribution in [-0.2, 0) is 17.6 Å². The molecule has 8 heteroatoms. The van der Waals surface area contributed by atoms with Crippen LogP contribution in [0, 0.1) is 0 Å². The Morgan fingerprint density at radius 2 is 1.79 bits per heavy atom. The number of fused-ring (bicyclic) bond motifs is 2. The van der Waals surface area contributed by atoms with Gasteiger partial charge in [0.25, 0.3) is 0 Å². The topological polar surface area (TPSA) is 77.2 Å². The number of anilines is 2. The molecule has 0 radical (unpaired) electrons. The van der Waals surface area contributed by atoms with Gasteiger partial charge in [-0.25, -0.2) is 4.79 Å². The molecule has 0 spiro atoms. The molecule has 1 N–H and O–H groups in total. The molecule has 1 fully saturated rings. The maximum absolute atomic E-state index is 11.7. The number of amides is 1. The molecule has 1 saturated heterocycles. The molecule has 0 saturated carbocycles.